The first-order chi connectivity index (χ1) is 8.25. The van der Waals surface area contributed by atoms with Crippen molar-refractivity contribution in [3.05, 3.63) is 65.6 Å². The maximum absolute atomic E-state index is 12.6. The second-order valence-electron chi connectivity index (χ2n) is 3.33. The SMILES string of the molecule is [O-]/[N+](=N\Nc1ccc(F)cc1)c1ccccc1. The van der Waals surface area contributed by atoms with Gasteiger partial charge in [-0.3, -0.25) is 0 Å². The van der Waals surface area contributed by atoms with Gasteiger partial charge in [-0.2, -0.15) is 0 Å². The molecular formula is C12H10FN3O. The highest BCUT2D eigenvalue weighted by atomic mass is 19.1. The lowest BCUT2D eigenvalue weighted by atomic mass is 10.3. The predicted octanol–water partition coefficient (Wildman–Crippen LogP) is 3.45. The van der Waals surface area contributed by atoms with E-state index in [1.54, 1.807) is 24.3 Å². The Kier molecular flexibility index (Phi) is 3.30. The van der Waals surface area contributed by atoms with Crippen LogP contribution in [0.1, 0.15) is 0 Å². The van der Waals surface area contributed by atoms with Crippen LogP contribution in [0.3, 0.4) is 0 Å². The highest BCUT2D eigenvalue weighted by Gasteiger charge is 1.98. The molecule has 0 aromatic heterocycles. The van der Waals surface area contributed by atoms with Crippen LogP contribution in [-0.2, 0) is 0 Å². The van der Waals surface area contributed by atoms with Crippen molar-refractivity contribution in [2.24, 2.45) is 5.22 Å². The third-order valence-electron chi connectivity index (χ3n) is 2.09. The molecule has 0 saturated carbocycles. The van der Waals surface area contributed by atoms with Crippen molar-refractivity contribution in [2.45, 2.75) is 0 Å². The monoisotopic (exact) mass is 231 g/mol. The second-order valence-corrected chi connectivity index (χ2v) is 3.33. The summed E-state index contributed by atoms with van der Waals surface area (Å²) in [6, 6.07) is 14.2. The second kappa shape index (κ2) is 5.07. The summed E-state index contributed by atoms with van der Waals surface area (Å²) in [5.41, 5.74) is 3.51. The quantitative estimate of drug-likeness (QED) is 0.499. The zero-order valence-electron chi connectivity index (χ0n) is 8.88. The molecule has 0 spiro atoms. The van der Waals surface area contributed by atoms with E-state index in [2.05, 4.69) is 10.6 Å². The average Bonchev–Trinajstić information content (AvgIpc) is 2.39. The summed E-state index contributed by atoms with van der Waals surface area (Å²) in [6.45, 7) is 0. The molecule has 1 N–H and O–H groups in total. The molecule has 0 bridgehead atoms. The average molecular weight is 231 g/mol. The summed E-state index contributed by atoms with van der Waals surface area (Å²) in [6.07, 6.45) is 0. The summed E-state index contributed by atoms with van der Waals surface area (Å²) in [7, 11) is 0. The number of hydrogen-bond acceptors (Lipinski definition) is 2. The summed E-state index contributed by atoms with van der Waals surface area (Å²) < 4.78 is 12.6. The number of nitrogens with one attached hydrogen (secondary N) is 1. The first kappa shape index (κ1) is 11.1. The van der Waals surface area contributed by atoms with Crippen LogP contribution in [-0.4, -0.2) is 4.86 Å². The maximum Gasteiger partial charge on any atom is 0.154 e. The molecule has 0 heterocycles. The predicted molar refractivity (Wildman–Crippen MR) is 62.2 cm³/mol. The Labute approximate surface area is 97.6 Å². The van der Waals surface area contributed by atoms with E-state index in [0.29, 0.717) is 16.2 Å². The first-order valence-corrected chi connectivity index (χ1v) is 5.00. The molecule has 4 nitrogen and oxygen atoms in total. The molecule has 2 rings (SSSR count). The van der Waals surface area contributed by atoms with Gasteiger partial charge in [-0.25, -0.2) is 4.39 Å². The molecule has 0 aliphatic carbocycles. The van der Waals surface area contributed by atoms with E-state index in [1.807, 2.05) is 6.07 Å². The van der Waals surface area contributed by atoms with Crippen LogP contribution >= 0.6 is 0 Å². The van der Waals surface area contributed by atoms with Crippen LogP contribution in [0.25, 0.3) is 0 Å². The van der Waals surface area contributed by atoms with Crippen molar-refractivity contribution in [1.29, 1.82) is 0 Å². The zero-order valence-corrected chi connectivity index (χ0v) is 8.88. The van der Waals surface area contributed by atoms with E-state index < -0.39 is 0 Å². The van der Waals surface area contributed by atoms with Gasteiger partial charge in [0.25, 0.3) is 0 Å². The number of para-hydroxylation sites is 1. The minimum Gasteiger partial charge on any atom is -0.691 e. The number of halogens is 1. The number of benzene rings is 2. The molecule has 86 valence electrons. The van der Waals surface area contributed by atoms with Gasteiger partial charge >= 0.3 is 0 Å². The summed E-state index contributed by atoms with van der Waals surface area (Å²) >= 11 is 0. The van der Waals surface area contributed by atoms with Gasteiger partial charge in [0, 0.05) is 0 Å². The van der Waals surface area contributed by atoms with Gasteiger partial charge in [0.1, 0.15) is 11.5 Å². The molecule has 0 unspecified atom stereocenters. The Morgan fingerprint density at radius 1 is 1.00 bits per heavy atom. The minimum absolute atomic E-state index is 0.336. The normalized spacial score (nSPS) is 11.2. The molecule has 0 atom stereocenters. The smallest absolute Gasteiger partial charge is 0.154 e. The Bertz CT molecular complexity index is 511. The van der Waals surface area contributed by atoms with E-state index >= 15 is 0 Å². The van der Waals surface area contributed by atoms with Crippen LogP contribution in [0.5, 0.6) is 0 Å². The topological polar surface area (TPSA) is 50.5 Å². The van der Waals surface area contributed by atoms with Gasteiger partial charge in [-0.15, -0.1) is 10.3 Å². The van der Waals surface area contributed by atoms with Crippen molar-refractivity contribution in [3.8, 4) is 0 Å². The maximum atomic E-state index is 12.6. The molecule has 0 aliphatic heterocycles. The Hall–Kier alpha value is -2.43. The number of anilines is 1. The van der Waals surface area contributed by atoms with E-state index in [0.717, 1.165) is 0 Å². The Morgan fingerprint density at radius 2 is 1.65 bits per heavy atom. The van der Waals surface area contributed by atoms with E-state index in [-0.39, 0.29) is 5.82 Å². The van der Waals surface area contributed by atoms with Crippen molar-refractivity contribution < 1.29 is 9.25 Å². The fourth-order valence-corrected chi connectivity index (χ4v) is 1.24. The van der Waals surface area contributed by atoms with E-state index in [1.165, 1.54) is 24.3 Å². The van der Waals surface area contributed by atoms with Crippen LogP contribution in [0.2, 0.25) is 0 Å². The van der Waals surface area contributed by atoms with Crippen LogP contribution < -0.4 is 5.43 Å². The molecule has 2 aromatic carbocycles. The lowest BCUT2D eigenvalue weighted by molar-refractivity contribution is -0.439. The molecule has 0 fully saturated rings. The molecular weight excluding hydrogens is 221 g/mol. The molecule has 2 aromatic rings. The van der Waals surface area contributed by atoms with Gasteiger partial charge < -0.3 is 5.21 Å². The highest BCUT2D eigenvalue weighted by molar-refractivity contribution is 5.41. The van der Waals surface area contributed by atoms with Gasteiger partial charge in [-0.05, 0) is 36.4 Å². The first-order valence-electron chi connectivity index (χ1n) is 5.00. The van der Waals surface area contributed by atoms with E-state index in [4.69, 9.17) is 0 Å². The van der Waals surface area contributed by atoms with Crippen molar-refractivity contribution in [1.82, 2.24) is 0 Å². The molecule has 0 saturated heterocycles. The number of rotatable bonds is 3. The van der Waals surface area contributed by atoms with Crippen LogP contribution in [0.15, 0.2) is 59.8 Å². The summed E-state index contributed by atoms with van der Waals surface area (Å²) in [4.78, 5) is 0.462. The van der Waals surface area contributed by atoms with Gasteiger partial charge in [0.05, 0.1) is 5.22 Å². The van der Waals surface area contributed by atoms with Gasteiger partial charge in [0.2, 0.25) is 0 Å². The molecule has 5 heteroatoms. The summed E-state index contributed by atoms with van der Waals surface area (Å²) in [5.74, 6) is -0.336. The number of hydrogen-bond donors (Lipinski definition) is 1. The highest BCUT2D eigenvalue weighted by Crippen LogP contribution is 2.11. The fraction of sp³-hybridized carbons (Fsp3) is 0. The third-order valence-corrected chi connectivity index (χ3v) is 2.09. The molecule has 0 amide bonds. The van der Waals surface area contributed by atoms with Crippen LogP contribution in [0, 0.1) is 11.0 Å². The standard InChI is InChI=1S/C12H10FN3O/c13-10-6-8-11(9-7-10)14-15-16(17)12-4-2-1-3-5-12/h1-9,14H/b16-15-. The lowest BCUT2D eigenvalue weighted by Gasteiger charge is -2.04. The minimum atomic E-state index is -0.336. The fourth-order valence-electron chi connectivity index (χ4n) is 1.24. The molecule has 0 radical (unpaired) electrons. The Balaban J connectivity index is 2.08. The Morgan fingerprint density at radius 3 is 2.29 bits per heavy atom. The zero-order chi connectivity index (χ0) is 12.1. The largest absolute Gasteiger partial charge is 0.691 e. The van der Waals surface area contributed by atoms with Crippen molar-refractivity contribution in [2.75, 3.05) is 5.43 Å². The van der Waals surface area contributed by atoms with Gasteiger partial charge in [0.15, 0.2) is 5.69 Å². The third kappa shape index (κ3) is 3.01. The van der Waals surface area contributed by atoms with Crippen molar-refractivity contribution >= 4 is 11.4 Å². The number of nitrogens with zero attached hydrogens (tertiary/aromatic N) is 2. The lowest BCUT2D eigenvalue weighted by Crippen LogP contribution is -1.97. The van der Waals surface area contributed by atoms with Crippen molar-refractivity contribution in [3.63, 3.8) is 0 Å². The molecule has 17 heavy (non-hydrogen) atoms. The van der Waals surface area contributed by atoms with E-state index in [9.17, 15) is 9.60 Å². The van der Waals surface area contributed by atoms with Crippen LogP contribution in [0.4, 0.5) is 15.8 Å². The summed E-state index contributed by atoms with van der Waals surface area (Å²) in [5, 5.41) is 15.1. The molecule has 0 aliphatic rings. The van der Waals surface area contributed by atoms with Gasteiger partial charge in [-0.1, -0.05) is 18.2 Å².